The number of halogens is 1. The predicted octanol–water partition coefficient (Wildman–Crippen LogP) is 3.68. The van der Waals surface area contributed by atoms with Gasteiger partial charge in [0, 0.05) is 5.02 Å². The highest BCUT2D eigenvalue weighted by Crippen LogP contribution is 2.32. The molecule has 1 saturated heterocycles. The molecule has 0 bridgehead atoms. The van der Waals surface area contributed by atoms with Gasteiger partial charge in [0.15, 0.2) is 10.4 Å². The van der Waals surface area contributed by atoms with Gasteiger partial charge in [0.05, 0.1) is 9.80 Å². The number of thiocarbonyl (C=S) groups is 1. The van der Waals surface area contributed by atoms with Gasteiger partial charge < -0.3 is 9.84 Å². The fourth-order valence-corrected chi connectivity index (χ4v) is 5.04. The first-order valence-corrected chi connectivity index (χ1v) is 12.2. The van der Waals surface area contributed by atoms with Crippen molar-refractivity contribution >= 4 is 67.9 Å². The van der Waals surface area contributed by atoms with Crippen molar-refractivity contribution in [3.8, 4) is 5.75 Å². The number of hydrazine groups is 1. The number of hydrogen-bond acceptors (Lipinski definition) is 7. The van der Waals surface area contributed by atoms with Crippen molar-refractivity contribution < 1.29 is 27.9 Å². The van der Waals surface area contributed by atoms with E-state index < -0.39 is 28.0 Å². The normalized spacial score (nSPS) is 16.4. The van der Waals surface area contributed by atoms with Crippen molar-refractivity contribution in [2.75, 3.05) is 0 Å². The summed E-state index contributed by atoms with van der Waals surface area (Å²) < 4.78 is 30.6. The SMILES string of the molecule is CCC(Oc1ccc(/C=C2/SC(=S)N(NS(=O)(=O)c3ccc(Cl)cc3)C2=O)cc1)C(=O)O. The Labute approximate surface area is 199 Å². The fourth-order valence-electron chi connectivity index (χ4n) is 2.60. The van der Waals surface area contributed by atoms with E-state index in [1.54, 1.807) is 37.3 Å². The molecular weight excluding hydrogens is 496 g/mol. The number of hydrogen-bond donors (Lipinski definition) is 2. The van der Waals surface area contributed by atoms with Crippen LogP contribution in [0.5, 0.6) is 5.75 Å². The van der Waals surface area contributed by atoms with E-state index in [1.807, 2.05) is 0 Å². The van der Waals surface area contributed by atoms with Gasteiger partial charge in [-0.05, 0) is 54.5 Å². The van der Waals surface area contributed by atoms with Crippen LogP contribution in [0, 0.1) is 0 Å². The number of carboxylic acid groups (broad SMARTS) is 1. The van der Waals surface area contributed by atoms with E-state index in [4.69, 9.17) is 33.7 Å². The molecule has 32 heavy (non-hydrogen) atoms. The lowest BCUT2D eigenvalue weighted by molar-refractivity contribution is -0.145. The summed E-state index contributed by atoms with van der Waals surface area (Å²) in [6.45, 7) is 1.70. The first kappa shape index (κ1) is 24.2. The molecule has 2 aromatic rings. The lowest BCUT2D eigenvalue weighted by Crippen LogP contribution is -2.44. The first-order chi connectivity index (χ1) is 15.1. The molecule has 12 heteroatoms. The topological polar surface area (TPSA) is 113 Å². The Kier molecular flexibility index (Phi) is 7.57. The van der Waals surface area contributed by atoms with Gasteiger partial charge >= 0.3 is 5.97 Å². The van der Waals surface area contributed by atoms with Gasteiger partial charge in [-0.1, -0.05) is 54.6 Å². The average molecular weight is 513 g/mol. The van der Waals surface area contributed by atoms with Crippen LogP contribution >= 0.6 is 35.6 Å². The van der Waals surface area contributed by atoms with Gasteiger partial charge in [-0.3, -0.25) is 4.79 Å². The molecule has 1 fully saturated rings. The second-order valence-electron chi connectivity index (χ2n) is 6.49. The third-order valence-corrected chi connectivity index (χ3v) is 7.10. The summed E-state index contributed by atoms with van der Waals surface area (Å²) in [7, 11) is -4.05. The quantitative estimate of drug-likeness (QED) is 0.407. The Balaban J connectivity index is 1.74. The molecular formula is C20H17ClN2O6S3. The number of benzene rings is 2. The molecule has 0 spiro atoms. The number of carboxylic acids is 1. The summed E-state index contributed by atoms with van der Waals surface area (Å²) >= 11 is 11.9. The summed E-state index contributed by atoms with van der Waals surface area (Å²) in [4.78, 5) is 26.2. The molecule has 168 valence electrons. The summed E-state index contributed by atoms with van der Waals surface area (Å²) in [5, 5.41) is 10.3. The molecule has 2 N–H and O–H groups in total. The molecule has 1 unspecified atom stereocenters. The fraction of sp³-hybridized carbons (Fsp3) is 0.150. The van der Waals surface area contributed by atoms with Crippen molar-refractivity contribution in [3.05, 3.63) is 64.0 Å². The zero-order valence-electron chi connectivity index (χ0n) is 16.5. The second-order valence-corrected chi connectivity index (χ2v) is 10.3. The van der Waals surface area contributed by atoms with E-state index in [1.165, 1.54) is 24.3 Å². The highest BCUT2D eigenvalue weighted by molar-refractivity contribution is 8.26. The van der Waals surface area contributed by atoms with Gasteiger partial charge in [0.1, 0.15) is 5.75 Å². The molecule has 0 aliphatic carbocycles. The molecule has 0 aromatic heterocycles. The van der Waals surface area contributed by atoms with E-state index in [9.17, 15) is 18.0 Å². The molecule has 1 aliphatic rings. The largest absolute Gasteiger partial charge is 0.479 e. The summed E-state index contributed by atoms with van der Waals surface area (Å²) in [5.74, 6) is -1.30. The third kappa shape index (κ3) is 5.67. The van der Waals surface area contributed by atoms with Gasteiger partial charge in [-0.2, -0.15) is 0 Å². The Morgan fingerprint density at radius 1 is 1.25 bits per heavy atom. The number of amides is 1. The molecule has 3 rings (SSSR count). The molecule has 0 saturated carbocycles. The van der Waals surface area contributed by atoms with Crippen LogP contribution in [-0.4, -0.2) is 40.8 Å². The molecule has 1 atom stereocenters. The zero-order chi connectivity index (χ0) is 23.5. The number of thioether (sulfide) groups is 1. The molecule has 1 aliphatic heterocycles. The number of aliphatic carboxylic acids is 1. The predicted molar refractivity (Wildman–Crippen MR) is 126 cm³/mol. The number of rotatable bonds is 8. The van der Waals surface area contributed by atoms with Crippen molar-refractivity contribution in [2.24, 2.45) is 0 Å². The van der Waals surface area contributed by atoms with E-state index in [0.717, 1.165) is 16.8 Å². The Hall–Kier alpha value is -2.44. The molecule has 1 heterocycles. The monoisotopic (exact) mass is 512 g/mol. The first-order valence-electron chi connectivity index (χ1n) is 9.16. The minimum Gasteiger partial charge on any atom is -0.479 e. The smallest absolute Gasteiger partial charge is 0.344 e. The minimum atomic E-state index is -4.05. The van der Waals surface area contributed by atoms with Crippen molar-refractivity contribution in [1.82, 2.24) is 9.84 Å². The highest BCUT2D eigenvalue weighted by atomic mass is 35.5. The van der Waals surface area contributed by atoms with E-state index in [0.29, 0.717) is 22.8 Å². The summed E-state index contributed by atoms with van der Waals surface area (Å²) in [6, 6.07) is 11.9. The number of nitrogens with one attached hydrogen (secondary N) is 1. The lowest BCUT2D eigenvalue weighted by atomic mass is 10.2. The van der Waals surface area contributed by atoms with Crippen LogP contribution in [0.4, 0.5) is 0 Å². The second kappa shape index (κ2) is 10.0. The number of carbonyl (C=O) groups excluding carboxylic acids is 1. The standard InChI is InChI=1S/C20H17ClN2O6S3/c1-2-16(19(25)26)29-14-7-3-12(4-8-14)11-17-18(24)23(20(30)31-17)22-32(27,28)15-9-5-13(21)6-10-15/h3-11,16,22H,2H2,1H3,(H,25,26)/b17-11+. The Bertz CT molecular complexity index is 1180. The maximum absolute atomic E-state index is 12.7. The van der Waals surface area contributed by atoms with E-state index >= 15 is 0 Å². The minimum absolute atomic E-state index is 0.0333. The zero-order valence-corrected chi connectivity index (χ0v) is 19.7. The van der Waals surface area contributed by atoms with Crippen LogP contribution in [0.25, 0.3) is 6.08 Å². The van der Waals surface area contributed by atoms with Crippen LogP contribution < -0.4 is 9.57 Å². The third-order valence-electron chi connectivity index (χ3n) is 4.23. The number of carbonyl (C=O) groups is 2. The number of nitrogens with zero attached hydrogens (tertiary/aromatic N) is 1. The van der Waals surface area contributed by atoms with E-state index in [2.05, 4.69) is 4.83 Å². The maximum atomic E-state index is 12.7. The molecule has 2 aromatic carbocycles. The Morgan fingerprint density at radius 2 is 1.88 bits per heavy atom. The molecule has 1 amide bonds. The van der Waals surface area contributed by atoms with Crippen molar-refractivity contribution in [2.45, 2.75) is 24.3 Å². The van der Waals surface area contributed by atoms with Crippen LogP contribution in [0.3, 0.4) is 0 Å². The number of ether oxygens (including phenoxy) is 1. The summed E-state index contributed by atoms with van der Waals surface area (Å²) in [5.41, 5.74) is 0.627. The maximum Gasteiger partial charge on any atom is 0.344 e. The van der Waals surface area contributed by atoms with E-state index in [-0.39, 0.29) is 14.1 Å². The highest BCUT2D eigenvalue weighted by Gasteiger charge is 2.35. The van der Waals surface area contributed by atoms with Crippen LogP contribution in [0.15, 0.2) is 58.3 Å². The number of sulfonamides is 1. The van der Waals surface area contributed by atoms with Crippen LogP contribution in [0.1, 0.15) is 18.9 Å². The summed E-state index contributed by atoms with van der Waals surface area (Å²) in [6.07, 6.45) is 0.908. The molecule has 8 nitrogen and oxygen atoms in total. The van der Waals surface area contributed by atoms with Gasteiger partial charge in [-0.15, -0.1) is 4.83 Å². The van der Waals surface area contributed by atoms with Crippen LogP contribution in [-0.2, 0) is 19.6 Å². The van der Waals surface area contributed by atoms with Crippen molar-refractivity contribution in [3.63, 3.8) is 0 Å². The average Bonchev–Trinajstić information content (AvgIpc) is 3.00. The van der Waals surface area contributed by atoms with Crippen molar-refractivity contribution in [1.29, 1.82) is 0 Å². The van der Waals surface area contributed by atoms with Gasteiger partial charge in [0.2, 0.25) is 0 Å². The molecule has 0 radical (unpaired) electrons. The van der Waals surface area contributed by atoms with Gasteiger partial charge in [-0.25, -0.2) is 18.2 Å². The Morgan fingerprint density at radius 3 is 2.44 bits per heavy atom. The van der Waals surface area contributed by atoms with Crippen LogP contribution in [0.2, 0.25) is 5.02 Å². The van der Waals surface area contributed by atoms with Gasteiger partial charge in [0.25, 0.3) is 15.9 Å². The lowest BCUT2D eigenvalue weighted by Gasteiger charge is -2.16.